The number of hydrogen-bond donors (Lipinski definition) is 1. The zero-order valence-corrected chi connectivity index (χ0v) is 12.2. The normalized spacial score (nSPS) is 11.1. The highest BCUT2D eigenvalue weighted by Crippen LogP contribution is 2.17. The van der Waals surface area contributed by atoms with E-state index in [-0.39, 0.29) is 23.2 Å². The average Bonchev–Trinajstić information content (AvgIpc) is 2.38. The summed E-state index contributed by atoms with van der Waals surface area (Å²) in [5.41, 5.74) is -0.653. The van der Waals surface area contributed by atoms with Crippen molar-refractivity contribution in [1.29, 1.82) is 0 Å². The molecule has 0 radical (unpaired) electrons. The second-order valence-corrected chi connectivity index (χ2v) is 5.33. The molecule has 2 aromatic rings. The molecule has 1 heterocycles. The molecule has 1 aromatic carbocycles. The topological polar surface area (TPSA) is 54.9 Å². The van der Waals surface area contributed by atoms with Crippen molar-refractivity contribution in [3.05, 3.63) is 67.0 Å². The van der Waals surface area contributed by atoms with Crippen LogP contribution in [0.3, 0.4) is 0 Å². The number of rotatable bonds is 3. The van der Waals surface area contributed by atoms with Crippen molar-refractivity contribution >= 4 is 11.6 Å². The second kappa shape index (κ2) is 5.81. The number of nitrogens with zero attached hydrogens (tertiary/aromatic N) is 1. The van der Waals surface area contributed by atoms with Gasteiger partial charge in [0.05, 0.1) is 12.1 Å². The number of aromatic amines is 1. The Kier molecular flexibility index (Phi) is 4.27. The fourth-order valence-corrected chi connectivity index (χ4v) is 2.40. The Morgan fingerprint density at radius 2 is 1.90 bits per heavy atom. The Bertz CT molecular complexity index is 797. The number of H-pyrrole nitrogens is 1. The maximum Gasteiger partial charge on any atom is 0.329 e. The third-order valence-electron chi connectivity index (χ3n) is 3.08. The van der Waals surface area contributed by atoms with Crippen LogP contribution in [0.1, 0.15) is 30.9 Å². The maximum atomic E-state index is 13.2. The molecule has 1 N–H and O–H groups in total. The predicted molar refractivity (Wildman–Crippen MR) is 75.9 cm³/mol. The lowest BCUT2D eigenvalue weighted by Crippen LogP contribution is -2.38. The summed E-state index contributed by atoms with van der Waals surface area (Å²) in [5.74, 6) is -2.20. The molecule has 0 saturated heterocycles. The van der Waals surface area contributed by atoms with Gasteiger partial charge in [0, 0.05) is 0 Å². The molecule has 2 rings (SSSR count). The molecule has 1 aromatic heterocycles. The smallest absolute Gasteiger partial charge is 0.297 e. The molecule has 0 unspecified atom stereocenters. The first kappa shape index (κ1) is 15.4. The lowest BCUT2D eigenvalue weighted by molar-refractivity contribution is 0.506. The first-order valence-electron chi connectivity index (χ1n) is 6.27. The molecule has 0 atom stereocenters. The van der Waals surface area contributed by atoms with E-state index < -0.39 is 22.9 Å². The monoisotopic (exact) mass is 314 g/mol. The molecule has 0 aliphatic carbocycles. The zero-order valence-electron chi connectivity index (χ0n) is 11.4. The Balaban J connectivity index is 2.54. The molecular formula is C14H13ClF2N2O2. The van der Waals surface area contributed by atoms with Crippen molar-refractivity contribution in [2.24, 2.45) is 0 Å². The third-order valence-corrected chi connectivity index (χ3v) is 3.37. The summed E-state index contributed by atoms with van der Waals surface area (Å²) >= 11 is 5.87. The Morgan fingerprint density at radius 1 is 1.24 bits per heavy atom. The molecule has 0 bridgehead atoms. The van der Waals surface area contributed by atoms with Gasteiger partial charge >= 0.3 is 5.69 Å². The molecule has 0 aliphatic heterocycles. The van der Waals surface area contributed by atoms with Gasteiger partial charge in [-0.3, -0.25) is 14.3 Å². The summed E-state index contributed by atoms with van der Waals surface area (Å²) in [6, 6.07) is 3.21. The first-order valence-corrected chi connectivity index (χ1v) is 6.65. The summed E-state index contributed by atoms with van der Waals surface area (Å²) in [4.78, 5) is 26.5. The number of nitrogens with one attached hydrogen (secondary N) is 1. The van der Waals surface area contributed by atoms with E-state index in [4.69, 9.17) is 11.6 Å². The molecular weight excluding hydrogens is 302 g/mol. The van der Waals surface area contributed by atoms with Crippen LogP contribution in [0.4, 0.5) is 8.78 Å². The number of benzene rings is 1. The van der Waals surface area contributed by atoms with Crippen molar-refractivity contribution < 1.29 is 8.78 Å². The van der Waals surface area contributed by atoms with E-state index in [1.165, 1.54) is 6.07 Å². The van der Waals surface area contributed by atoms with Gasteiger partial charge < -0.3 is 0 Å². The van der Waals surface area contributed by atoms with Gasteiger partial charge in [-0.1, -0.05) is 31.5 Å². The summed E-state index contributed by atoms with van der Waals surface area (Å²) < 4.78 is 27.0. The largest absolute Gasteiger partial charge is 0.329 e. The summed E-state index contributed by atoms with van der Waals surface area (Å²) in [7, 11) is 0. The van der Waals surface area contributed by atoms with Crippen LogP contribution in [0, 0.1) is 11.6 Å². The van der Waals surface area contributed by atoms with Gasteiger partial charge in [0.2, 0.25) is 0 Å². The van der Waals surface area contributed by atoms with Crippen LogP contribution in [0.5, 0.6) is 0 Å². The van der Waals surface area contributed by atoms with E-state index in [1.54, 1.807) is 13.8 Å². The Morgan fingerprint density at radius 3 is 2.48 bits per heavy atom. The molecule has 0 spiro atoms. The highest BCUT2D eigenvalue weighted by Gasteiger charge is 2.16. The minimum atomic E-state index is -1.03. The van der Waals surface area contributed by atoms with Crippen LogP contribution < -0.4 is 11.2 Å². The van der Waals surface area contributed by atoms with Gasteiger partial charge in [0.25, 0.3) is 5.56 Å². The first-order chi connectivity index (χ1) is 9.81. The minimum Gasteiger partial charge on any atom is -0.297 e. The third kappa shape index (κ3) is 3.05. The van der Waals surface area contributed by atoms with Crippen molar-refractivity contribution in [1.82, 2.24) is 9.55 Å². The van der Waals surface area contributed by atoms with Crippen LogP contribution >= 0.6 is 11.6 Å². The molecule has 0 amide bonds. The number of hydrogen-bond acceptors (Lipinski definition) is 2. The fourth-order valence-electron chi connectivity index (χ4n) is 2.02. The molecule has 21 heavy (non-hydrogen) atoms. The number of aromatic nitrogens is 2. The predicted octanol–water partition coefficient (Wildman–Crippen LogP) is 2.64. The average molecular weight is 315 g/mol. The molecule has 0 fully saturated rings. The quantitative estimate of drug-likeness (QED) is 0.886. The van der Waals surface area contributed by atoms with Gasteiger partial charge in [-0.05, 0) is 23.6 Å². The van der Waals surface area contributed by atoms with Crippen LogP contribution in [0.2, 0.25) is 5.15 Å². The van der Waals surface area contributed by atoms with Crippen molar-refractivity contribution in [2.45, 2.75) is 26.3 Å². The summed E-state index contributed by atoms with van der Waals surface area (Å²) in [5, 5.41) is 0.00142. The Hall–Kier alpha value is -1.95. The van der Waals surface area contributed by atoms with Gasteiger partial charge in [0.1, 0.15) is 5.15 Å². The highest BCUT2D eigenvalue weighted by atomic mass is 35.5. The maximum absolute atomic E-state index is 13.2. The molecule has 0 aliphatic rings. The van der Waals surface area contributed by atoms with Crippen molar-refractivity contribution in [3.63, 3.8) is 0 Å². The van der Waals surface area contributed by atoms with E-state index in [9.17, 15) is 18.4 Å². The van der Waals surface area contributed by atoms with Crippen LogP contribution in [-0.4, -0.2) is 9.55 Å². The van der Waals surface area contributed by atoms with Crippen LogP contribution in [-0.2, 0) is 6.54 Å². The molecule has 112 valence electrons. The van der Waals surface area contributed by atoms with Gasteiger partial charge in [0.15, 0.2) is 11.6 Å². The van der Waals surface area contributed by atoms with Crippen molar-refractivity contribution in [2.75, 3.05) is 0 Å². The minimum absolute atomic E-state index is 0.00142. The highest BCUT2D eigenvalue weighted by molar-refractivity contribution is 6.30. The van der Waals surface area contributed by atoms with E-state index in [2.05, 4.69) is 4.98 Å². The second-order valence-electron chi connectivity index (χ2n) is 4.95. The van der Waals surface area contributed by atoms with Gasteiger partial charge in [-0.25, -0.2) is 13.6 Å². The molecule has 7 heteroatoms. The Labute approximate surface area is 124 Å². The van der Waals surface area contributed by atoms with Crippen molar-refractivity contribution in [3.8, 4) is 0 Å². The van der Waals surface area contributed by atoms with Gasteiger partial charge in [-0.2, -0.15) is 0 Å². The SMILES string of the molecule is CC(C)c1c(Cl)[nH]c(=O)n(Cc2ccc(F)c(F)c2)c1=O. The van der Waals surface area contributed by atoms with E-state index in [1.807, 2.05) is 0 Å². The number of halogens is 3. The lowest BCUT2D eigenvalue weighted by Gasteiger charge is -2.11. The molecule has 0 saturated carbocycles. The fraction of sp³-hybridized carbons (Fsp3) is 0.286. The standard InChI is InChI=1S/C14H13ClF2N2O2/c1-7(2)11-12(15)18-14(21)19(13(11)20)6-8-3-4-9(16)10(17)5-8/h3-5,7H,6H2,1-2H3,(H,18,21). The van der Waals surface area contributed by atoms with Crippen LogP contribution in [0.15, 0.2) is 27.8 Å². The van der Waals surface area contributed by atoms with E-state index >= 15 is 0 Å². The van der Waals surface area contributed by atoms with Crippen LogP contribution in [0.25, 0.3) is 0 Å². The van der Waals surface area contributed by atoms with E-state index in [0.29, 0.717) is 5.56 Å². The zero-order chi connectivity index (χ0) is 15.7. The summed E-state index contributed by atoms with van der Waals surface area (Å²) in [6.07, 6.45) is 0. The van der Waals surface area contributed by atoms with E-state index in [0.717, 1.165) is 16.7 Å². The lowest BCUT2D eigenvalue weighted by atomic mass is 10.1. The molecule has 4 nitrogen and oxygen atoms in total. The van der Waals surface area contributed by atoms with Gasteiger partial charge in [-0.15, -0.1) is 0 Å². The summed E-state index contributed by atoms with van der Waals surface area (Å²) in [6.45, 7) is 3.37.